The average molecular weight is 268 g/mol. The zero-order valence-electron chi connectivity index (χ0n) is 8.76. The molecule has 0 fully saturated rings. The lowest BCUT2D eigenvalue weighted by atomic mass is 10.2. The van der Waals surface area contributed by atoms with Crippen LogP contribution in [0.5, 0.6) is 0 Å². The van der Waals surface area contributed by atoms with Crippen LogP contribution < -0.4 is 5.32 Å². The van der Waals surface area contributed by atoms with Crippen LogP contribution in [0.1, 0.15) is 10.9 Å². The van der Waals surface area contributed by atoms with Crippen molar-refractivity contribution in [1.82, 2.24) is 0 Å². The minimum Gasteiger partial charge on any atom is -0.479 e. The van der Waals surface area contributed by atoms with Crippen molar-refractivity contribution in [3.8, 4) is 0 Å². The number of benzene rings is 1. The molecule has 0 saturated heterocycles. The monoisotopic (exact) mass is 267 g/mol. The van der Waals surface area contributed by atoms with Crippen molar-refractivity contribution in [2.24, 2.45) is 0 Å². The molecule has 1 atom stereocenters. The summed E-state index contributed by atoms with van der Waals surface area (Å²) in [6.07, 6.45) is 0. The van der Waals surface area contributed by atoms with E-state index in [0.29, 0.717) is 10.7 Å². The molecule has 3 nitrogen and oxygen atoms in total. The molecule has 0 aliphatic heterocycles. The third-order valence-corrected chi connectivity index (χ3v) is 3.38. The van der Waals surface area contributed by atoms with E-state index in [1.165, 1.54) is 11.3 Å². The van der Waals surface area contributed by atoms with Crippen LogP contribution in [-0.2, 0) is 4.79 Å². The van der Waals surface area contributed by atoms with Gasteiger partial charge >= 0.3 is 5.97 Å². The van der Waals surface area contributed by atoms with E-state index in [2.05, 4.69) is 5.32 Å². The maximum Gasteiger partial charge on any atom is 0.331 e. The Bertz CT molecular complexity index is 513. The smallest absolute Gasteiger partial charge is 0.331 e. The second kappa shape index (κ2) is 5.21. The molecular formula is C12H10ClNO2S. The topological polar surface area (TPSA) is 49.3 Å². The largest absolute Gasteiger partial charge is 0.479 e. The van der Waals surface area contributed by atoms with Crippen LogP contribution in [0.4, 0.5) is 5.69 Å². The average Bonchev–Trinajstić information content (AvgIpc) is 2.78. The summed E-state index contributed by atoms with van der Waals surface area (Å²) in [7, 11) is 0. The summed E-state index contributed by atoms with van der Waals surface area (Å²) >= 11 is 7.25. The van der Waals surface area contributed by atoms with Crippen molar-refractivity contribution < 1.29 is 9.90 Å². The normalized spacial score (nSPS) is 12.1. The third kappa shape index (κ3) is 2.99. The molecule has 0 aliphatic carbocycles. The third-order valence-electron chi connectivity index (χ3n) is 2.21. The molecule has 1 aromatic heterocycles. The molecule has 2 rings (SSSR count). The highest BCUT2D eigenvalue weighted by molar-refractivity contribution is 7.10. The maximum absolute atomic E-state index is 11.2. The van der Waals surface area contributed by atoms with Crippen LogP contribution in [0, 0.1) is 0 Å². The zero-order chi connectivity index (χ0) is 12.3. The zero-order valence-corrected chi connectivity index (χ0v) is 10.3. The van der Waals surface area contributed by atoms with Gasteiger partial charge < -0.3 is 10.4 Å². The molecule has 0 amide bonds. The van der Waals surface area contributed by atoms with Gasteiger partial charge in [-0.1, -0.05) is 23.7 Å². The van der Waals surface area contributed by atoms with Gasteiger partial charge in [0.25, 0.3) is 0 Å². The Morgan fingerprint density at radius 2 is 2.18 bits per heavy atom. The van der Waals surface area contributed by atoms with Gasteiger partial charge in [-0.3, -0.25) is 0 Å². The van der Waals surface area contributed by atoms with Crippen LogP contribution in [0.15, 0.2) is 41.8 Å². The number of aliphatic carboxylic acids is 1. The summed E-state index contributed by atoms with van der Waals surface area (Å²) in [5.74, 6) is -0.910. The fourth-order valence-electron chi connectivity index (χ4n) is 1.46. The Balaban J connectivity index is 2.22. The predicted molar refractivity (Wildman–Crippen MR) is 69.8 cm³/mol. The van der Waals surface area contributed by atoms with Gasteiger partial charge in [0.15, 0.2) is 6.04 Å². The van der Waals surface area contributed by atoms with Crippen molar-refractivity contribution in [2.75, 3.05) is 5.32 Å². The van der Waals surface area contributed by atoms with E-state index in [1.807, 2.05) is 11.4 Å². The Hall–Kier alpha value is -1.52. The highest BCUT2D eigenvalue weighted by Gasteiger charge is 2.20. The van der Waals surface area contributed by atoms with Crippen LogP contribution in [0.3, 0.4) is 0 Å². The molecule has 2 aromatic rings. The number of hydrogen-bond donors (Lipinski definition) is 2. The number of carboxylic acid groups (broad SMARTS) is 1. The van der Waals surface area contributed by atoms with Gasteiger partial charge in [-0.2, -0.15) is 0 Å². The van der Waals surface area contributed by atoms with Crippen LogP contribution in [-0.4, -0.2) is 11.1 Å². The lowest BCUT2D eigenvalue weighted by Crippen LogP contribution is -2.19. The molecule has 0 spiro atoms. The SMILES string of the molecule is O=C(O)[C@@H](Nc1cccc(Cl)c1)c1cccs1. The Labute approximate surface area is 108 Å². The van der Waals surface area contributed by atoms with Gasteiger partial charge in [-0.15, -0.1) is 11.3 Å². The minimum atomic E-state index is -0.910. The molecule has 0 saturated carbocycles. The van der Waals surface area contributed by atoms with Gasteiger partial charge in [-0.05, 0) is 29.6 Å². The first-order chi connectivity index (χ1) is 8.16. The first kappa shape index (κ1) is 12.0. The minimum absolute atomic E-state index is 0.574. The van der Waals surface area contributed by atoms with Crippen LogP contribution >= 0.6 is 22.9 Å². The molecule has 88 valence electrons. The second-order valence-electron chi connectivity index (χ2n) is 3.44. The number of nitrogens with one attached hydrogen (secondary N) is 1. The number of carboxylic acids is 1. The highest BCUT2D eigenvalue weighted by atomic mass is 35.5. The molecule has 0 radical (unpaired) electrons. The molecule has 1 heterocycles. The second-order valence-corrected chi connectivity index (χ2v) is 4.86. The quantitative estimate of drug-likeness (QED) is 0.889. The van der Waals surface area contributed by atoms with E-state index in [-0.39, 0.29) is 0 Å². The van der Waals surface area contributed by atoms with Crippen LogP contribution in [0.25, 0.3) is 0 Å². The maximum atomic E-state index is 11.2. The van der Waals surface area contributed by atoms with E-state index in [0.717, 1.165) is 4.88 Å². The van der Waals surface area contributed by atoms with E-state index < -0.39 is 12.0 Å². The van der Waals surface area contributed by atoms with E-state index in [9.17, 15) is 9.90 Å². The number of halogens is 1. The summed E-state index contributed by atoms with van der Waals surface area (Å²) in [5, 5.41) is 14.6. The fourth-order valence-corrected chi connectivity index (χ4v) is 2.41. The summed E-state index contributed by atoms with van der Waals surface area (Å²) in [4.78, 5) is 12.0. The predicted octanol–water partition coefficient (Wildman–Crippen LogP) is 3.64. The van der Waals surface area contributed by atoms with Gasteiger partial charge in [0, 0.05) is 15.6 Å². The summed E-state index contributed by atoms with van der Waals surface area (Å²) in [6.45, 7) is 0. The lowest BCUT2D eigenvalue weighted by molar-refractivity contribution is -0.138. The van der Waals surface area contributed by atoms with Gasteiger partial charge in [-0.25, -0.2) is 4.79 Å². The molecule has 1 aromatic carbocycles. The molecule has 5 heteroatoms. The van der Waals surface area contributed by atoms with Crippen LogP contribution in [0.2, 0.25) is 5.02 Å². The fraction of sp³-hybridized carbons (Fsp3) is 0.0833. The molecule has 17 heavy (non-hydrogen) atoms. The number of thiophene rings is 1. The van der Waals surface area contributed by atoms with Crippen molar-refractivity contribution in [3.05, 3.63) is 51.7 Å². The summed E-state index contributed by atoms with van der Waals surface area (Å²) in [5.41, 5.74) is 0.693. The van der Waals surface area contributed by atoms with Gasteiger partial charge in [0.2, 0.25) is 0 Å². The molecule has 0 unspecified atom stereocenters. The number of anilines is 1. The highest BCUT2D eigenvalue weighted by Crippen LogP contribution is 2.25. The number of rotatable bonds is 4. The Morgan fingerprint density at radius 1 is 1.35 bits per heavy atom. The van der Waals surface area contributed by atoms with Crippen molar-refractivity contribution >= 4 is 34.6 Å². The summed E-state index contributed by atoms with van der Waals surface area (Å²) < 4.78 is 0. The van der Waals surface area contributed by atoms with Crippen molar-refractivity contribution in [3.63, 3.8) is 0 Å². The van der Waals surface area contributed by atoms with Gasteiger partial charge in [0.05, 0.1) is 0 Å². The molecular weight excluding hydrogens is 258 g/mol. The summed E-state index contributed by atoms with van der Waals surface area (Å²) in [6, 6.07) is 9.89. The standard InChI is InChI=1S/C12H10ClNO2S/c13-8-3-1-4-9(7-8)14-11(12(15)16)10-5-2-6-17-10/h1-7,11,14H,(H,15,16)/t11-/m0/s1. The van der Waals surface area contributed by atoms with Crippen molar-refractivity contribution in [2.45, 2.75) is 6.04 Å². The molecule has 2 N–H and O–H groups in total. The number of hydrogen-bond acceptors (Lipinski definition) is 3. The van der Waals surface area contributed by atoms with E-state index in [4.69, 9.17) is 11.6 Å². The van der Waals surface area contributed by atoms with E-state index in [1.54, 1.807) is 30.3 Å². The first-order valence-electron chi connectivity index (χ1n) is 4.95. The Kier molecular flexibility index (Phi) is 3.66. The van der Waals surface area contributed by atoms with Gasteiger partial charge in [0.1, 0.15) is 0 Å². The lowest BCUT2D eigenvalue weighted by Gasteiger charge is -2.14. The van der Waals surface area contributed by atoms with E-state index >= 15 is 0 Å². The Morgan fingerprint density at radius 3 is 2.76 bits per heavy atom. The molecule has 0 bridgehead atoms. The molecule has 0 aliphatic rings. The first-order valence-corrected chi connectivity index (χ1v) is 6.21. The van der Waals surface area contributed by atoms with Crippen molar-refractivity contribution in [1.29, 1.82) is 0 Å². The number of carbonyl (C=O) groups is 1.